The van der Waals surface area contributed by atoms with Crippen molar-refractivity contribution in [2.75, 3.05) is 6.61 Å². The van der Waals surface area contributed by atoms with Gasteiger partial charge in [-0.1, -0.05) is 18.2 Å². The highest BCUT2D eigenvalue weighted by molar-refractivity contribution is 5.81. The summed E-state index contributed by atoms with van der Waals surface area (Å²) in [6.07, 6.45) is 0.543. The largest absolute Gasteiger partial charge is 0.493 e. The predicted octanol–water partition coefficient (Wildman–Crippen LogP) is 3.37. The number of nitro groups is 1. The molecule has 1 heterocycles. The van der Waals surface area contributed by atoms with E-state index in [0.29, 0.717) is 30.1 Å². The van der Waals surface area contributed by atoms with Crippen LogP contribution < -0.4 is 9.47 Å². The van der Waals surface area contributed by atoms with Crippen LogP contribution >= 0.6 is 0 Å². The number of nitrogens with zero attached hydrogens (tertiary/aromatic N) is 1. The summed E-state index contributed by atoms with van der Waals surface area (Å²) in [6, 6.07) is 11.7. The maximum absolute atomic E-state index is 12.4. The van der Waals surface area contributed by atoms with E-state index in [9.17, 15) is 14.9 Å². The van der Waals surface area contributed by atoms with Gasteiger partial charge in [0, 0.05) is 17.2 Å². The zero-order chi connectivity index (χ0) is 16.4. The fourth-order valence-electron chi connectivity index (χ4n) is 2.67. The summed E-state index contributed by atoms with van der Waals surface area (Å²) >= 11 is 0. The highest BCUT2D eigenvalue weighted by atomic mass is 16.6. The number of carbonyl (C=O) groups excluding carboxylic acids is 1. The van der Waals surface area contributed by atoms with Gasteiger partial charge in [-0.15, -0.1) is 0 Å². The van der Waals surface area contributed by atoms with Crippen LogP contribution in [0.4, 0.5) is 5.69 Å². The quantitative estimate of drug-likeness (QED) is 0.376. The molecule has 3 rings (SSSR count). The smallest absolute Gasteiger partial charge is 0.319 e. The lowest BCUT2D eigenvalue weighted by Gasteiger charge is -2.24. The summed E-state index contributed by atoms with van der Waals surface area (Å²) in [7, 11) is 0. The number of benzene rings is 2. The molecule has 1 aliphatic rings. The van der Waals surface area contributed by atoms with E-state index in [1.54, 1.807) is 6.92 Å². The number of hydrogen-bond acceptors (Lipinski definition) is 5. The molecule has 0 saturated carbocycles. The molecule has 0 aromatic heterocycles. The molecule has 0 amide bonds. The molecule has 2 aromatic rings. The van der Waals surface area contributed by atoms with Crippen molar-refractivity contribution in [1.82, 2.24) is 0 Å². The molecule has 0 N–H and O–H groups in total. The Kier molecular flexibility index (Phi) is 3.97. The van der Waals surface area contributed by atoms with Crippen molar-refractivity contribution >= 4 is 11.7 Å². The Morgan fingerprint density at radius 1 is 1.30 bits per heavy atom. The third-order valence-corrected chi connectivity index (χ3v) is 3.83. The minimum atomic E-state index is -0.463. The lowest BCUT2D eigenvalue weighted by molar-refractivity contribution is -0.385. The van der Waals surface area contributed by atoms with Crippen LogP contribution in [0.1, 0.15) is 23.5 Å². The first-order valence-corrected chi connectivity index (χ1v) is 7.24. The molecule has 1 atom stereocenters. The van der Waals surface area contributed by atoms with Gasteiger partial charge in [0.1, 0.15) is 11.5 Å². The maximum atomic E-state index is 12.4. The summed E-state index contributed by atoms with van der Waals surface area (Å²) in [6.45, 7) is 2.06. The normalized spacial score (nSPS) is 16.1. The van der Waals surface area contributed by atoms with Crippen LogP contribution in [-0.4, -0.2) is 17.5 Å². The van der Waals surface area contributed by atoms with Crippen LogP contribution in [0, 0.1) is 17.0 Å². The van der Waals surface area contributed by atoms with Crippen molar-refractivity contribution in [3.63, 3.8) is 0 Å². The van der Waals surface area contributed by atoms with Crippen LogP contribution in [0.3, 0.4) is 0 Å². The molecule has 0 radical (unpaired) electrons. The highest BCUT2D eigenvalue weighted by Crippen LogP contribution is 2.34. The van der Waals surface area contributed by atoms with Crippen LogP contribution in [0.5, 0.6) is 11.5 Å². The second-order valence-corrected chi connectivity index (χ2v) is 5.35. The Morgan fingerprint density at radius 2 is 2.09 bits per heavy atom. The van der Waals surface area contributed by atoms with Gasteiger partial charge in [0.05, 0.1) is 17.4 Å². The van der Waals surface area contributed by atoms with Crippen molar-refractivity contribution in [2.45, 2.75) is 19.3 Å². The highest BCUT2D eigenvalue weighted by Gasteiger charge is 2.29. The minimum Gasteiger partial charge on any atom is -0.493 e. The zero-order valence-electron chi connectivity index (χ0n) is 12.5. The van der Waals surface area contributed by atoms with Gasteiger partial charge < -0.3 is 9.47 Å². The molecule has 23 heavy (non-hydrogen) atoms. The Morgan fingerprint density at radius 3 is 2.83 bits per heavy atom. The SMILES string of the molecule is Cc1cc(OC(=O)C2CCOc3ccccc32)ccc1[N+](=O)[O-]. The molecule has 1 aliphatic heterocycles. The van der Waals surface area contributed by atoms with E-state index >= 15 is 0 Å². The molecule has 0 saturated heterocycles. The second kappa shape index (κ2) is 6.08. The standard InChI is InChI=1S/C17H15NO5/c1-11-10-12(6-7-15(11)18(20)21)23-17(19)14-8-9-22-16-5-3-2-4-13(14)16/h2-7,10,14H,8-9H2,1H3. The first-order chi connectivity index (χ1) is 11.1. The molecule has 2 aromatic carbocycles. The first kappa shape index (κ1) is 15.0. The minimum absolute atomic E-state index is 0.00112. The number of ether oxygens (including phenoxy) is 2. The molecule has 0 spiro atoms. The summed E-state index contributed by atoms with van der Waals surface area (Å²) in [5.74, 6) is 0.229. The van der Waals surface area contributed by atoms with Gasteiger partial charge in [-0.2, -0.15) is 0 Å². The van der Waals surface area contributed by atoms with Crippen LogP contribution in [0.25, 0.3) is 0 Å². The average molecular weight is 313 g/mol. The average Bonchev–Trinajstić information content (AvgIpc) is 2.54. The van der Waals surface area contributed by atoms with Gasteiger partial charge in [-0.25, -0.2) is 0 Å². The van der Waals surface area contributed by atoms with Crippen LogP contribution in [-0.2, 0) is 4.79 Å². The van der Waals surface area contributed by atoms with Crippen LogP contribution in [0.15, 0.2) is 42.5 Å². The Labute approximate surface area is 132 Å². The fourth-order valence-corrected chi connectivity index (χ4v) is 2.67. The number of nitro benzene ring substituents is 1. The van der Waals surface area contributed by atoms with Gasteiger partial charge >= 0.3 is 5.97 Å². The number of fused-ring (bicyclic) bond motifs is 1. The Hall–Kier alpha value is -2.89. The lowest BCUT2D eigenvalue weighted by Crippen LogP contribution is -2.25. The topological polar surface area (TPSA) is 78.7 Å². The summed E-state index contributed by atoms with van der Waals surface area (Å²) < 4.78 is 10.9. The Balaban J connectivity index is 1.80. The van der Waals surface area contributed by atoms with E-state index in [-0.39, 0.29) is 11.7 Å². The number of hydrogen-bond donors (Lipinski definition) is 0. The van der Waals surface area contributed by atoms with Gasteiger partial charge in [0.25, 0.3) is 5.69 Å². The number of esters is 1. The maximum Gasteiger partial charge on any atom is 0.319 e. The summed E-state index contributed by atoms with van der Waals surface area (Å²) in [5.41, 5.74) is 1.26. The van der Waals surface area contributed by atoms with Crippen molar-refractivity contribution < 1.29 is 19.2 Å². The van der Waals surface area contributed by atoms with Crippen molar-refractivity contribution in [2.24, 2.45) is 0 Å². The third-order valence-electron chi connectivity index (χ3n) is 3.83. The van der Waals surface area contributed by atoms with E-state index in [1.807, 2.05) is 24.3 Å². The fraction of sp³-hybridized carbons (Fsp3) is 0.235. The molecule has 1 unspecified atom stereocenters. The number of carbonyl (C=O) groups is 1. The monoisotopic (exact) mass is 313 g/mol. The lowest BCUT2D eigenvalue weighted by atomic mass is 9.93. The summed E-state index contributed by atoms with van der Waals surface area (Å²) in [5, 5.41) is 10.8. The van der Waals surface area contributed by atoms with Gasteiger partial charge in [-0.05, 0) is 31.5 Å². The number of rotatable bonds is 3. The van der Waals surface area contributed by atoms with Gasteiger partial charge in [-0.3, -0.25) is 14.9 Å². The van der Waals surface area contributed by atoms with Crippen molar-refractivity contribution in [1.29, 1.82) is 0 Å². The number of para-hydroxylation sites is 1. The molecular weight excluding hydrogens is 298 g/mol. The van der Waals surface area contributed by atoms with E-state index in [0.717, 1.165) is 5.56 Å². The first-order valence-electron chi connectivity index (χ1n) is 7.24. The molecule has 118 valence electrons. The Bertz CT molecular complexity index is 771. The molecule has 0 aliphatic carbocycles. The molecular formula is C17H15NO5. The van der Waals surface area contributed by atoms with Gasteiger partial charge in [0.15, 0.2) is 0 Å². The molecule has 6 nitrogen and oxygen atoms in total. The van der Waals surface area contributed by atoms with Crippen molar-refractivity contribution in [3.05, 3.63) is 63.7 Å². The second-order valence-electron chi connectivity index (χ2n) is 5.35. The summed E-state index contributed by atoms with van der Waals surface area (Å²) in [4.78, 5) is 22.8. The third kappa shape index (κ3) is 3.01. The molecule has 6 heteroatoms. The van der Waals surface area contributed by atoms with E-state index < -0.39 is 10.8 Å². The van der Waals surface area contributed by atoms with Crippen molar-refractivity contribution in [3.8, 4) is 11.5 Å². The van der Waals surface area contributed by atoms with E-state index in [2.05, 4.69) is 0 Å². The van der Waals surface area contributed by atoms with E-state index in [4.69, 9.17) is 9.47 Å². The molecule has 0 bridgehead atoms. The number of aryl methyl sites for hydroxylation is 1. The molecule has 0 fully saturated rings. The zero-order valence-corrected chi connectivity index (χ0v) is 12.5. The van der Waals surface area contributed by atoms with Gasteiger partial charge in [0.2, 0.25) is 0 Å². The van der Waals surface area contributed by atoms with Crippen LogP contribution in [0.2, 0.25) is 0 Å². The van der Waals surface area contributed by atoms with E-state index in [1.165, 1.54) is 18.2 Å². The predicted molar refractivity (Wildman–Crippen MR) is 82.8 cm³/mol.